The highest BCUT2D eigenvalue weighted by atomic mass is 19.1. The van der Waals surface area contributed by atoms with Crippen molar-refractivity contribution in [3.63, 3.8) is 0 Å². The Bertz CT molecular complexity index is 832. The Balaban J connectivity index is 1.61. The van der Waals surface area contributed by atoms with E-state index in [2.05, 4.69) is 9.97 Å². The molecule has 0 radical (unpaired) electrons. The summed E-state index contributed by atoms with van der Waals surface area (Å²) in [4.78, 5) is 25.7. The first kappa shape index (κ1) is 16.0. The minimum Gasteiger partial charge on any atom is -0.362 e. The van der Waals surface area contributed by atoms with Gasteiger partial charge in [-0.3, -0.25) is 4.79 Å². The Hall–Kier alpha value is -2.50. The van der Waals surface area contributed by atoms with E-state index in [0.29, 0.717) is 31.5 Å². The van der Waals surface area contributed by atoms with Gasteiger partial charge in [-0.25, -0.2) is 14.4 Å². The molecule has 2 aliphatic rings. The molecule has 1 fully saturated rings. The van der Waals surface area contributed by atoms with Crippen LogP contribution >= 0.6 is 0 Å². The molecule has 6 heteroatoms. The molecule has 1 aliphatic heterocycles. The number of benzene rings is 1. The lowest BCUT2D eigenvalue weighted by atomic mass is 9.92. The molecule has 0 N–H and O–H groups in total. The normalized spacial score (nSPS) is 17.8. The third-order valence-corrected chi connectivity index (χ3v) is 5.24. The molecule has 4 rings (SSSR count). The summed E-state index contributed by atoms with van der Waals surface area (Å²) in [6, 6.07) is 6.64. The zero-order valence-electron chi connectivity index (χ0n) is 14.5. The van der Waals surface area contributed by atoms with E-state index in [1.807, 2.05) is 23.9 Å². The molecule has 5 nitrogen and oxygen atoms in total. The molecule has 1 aliphatic carbocycles. The van der Waals surface area contributed by atoms with Gasteiger partial charge in [-0.2, -0.15) is 0 Å². The van der Waals surface area contributed by atoms with Crippen molar-refractivity contribution in [1.82, 2.24) is 14.9 Å². The Labute approximate surface area is 146 Å². The number of carbonyl (C=O) groups is 1. The Morgan fingerprint density at radius 1 is 1.24 bits per heavy atom. The molecule has 1 amide bonds. The highest BCUT2D eigenvalue weighted by Gasteiger charge is 2.54. The molecule has 2 aromatic rings. The lowest BCUT2D eigenvalue weighted by Gasteiger charge is -2.32. The van der Waals surface area contributed by atoms with E-state index in [1.54, 1.807) is 24.5 Å². The third-order valence-electron chi connectivity index (χ3n) is 5.24. The van der Waals surface area contributed by atoms with Crippen LogP contribution in [0.25, 0.3) is 0 Å². The van der Waals surface area contributed by atoms with Crippen LogP contribution in [0.1, 0.15) is 29.7 Å². The first-order valence-corrected chi connectivity index (χ1v) is 8.57. The molecule has 2 heterocycles. The van der Waals surface area contributed by atoms with Crippen LogP contribution in [-0.4, -0.2) is 41.4 Å². The lowest BCUT2D eigenvalue weighted by Crippen LogP contribution is -2.43. The summed E-state index contributed by atoms with van der Waals surface area (Å²) >= 11 is 0. The van der Waals surface area contributed by atoms with Crippen LogP contribution in [0.15, 0.2) is 30.6 Å². The highest BCUT2D eigenvalue weighted by Crippen LogP contribution is 2.50. The predicted octanol–water partition coefficient (Wildman–Crippen LogP) is 2.30. The average Bonchev–Trinajstić information content (AvgIpc) is 3.42. The number of carbonyl (C=O) groups excluding carboxylic acids is 1. The number of fused-ring (bicyclic) bond motifs is 1. The molecular weight excluding hydrogens is 319 g/mol. The van der Waals surface area contributed by atoms with Crippen molar-refractivity contribution in [3.8, 4) is 0 Å². The molecule has 1 aromatic heterocycles. The van der Waals surface area contributed by atoms with Gasteiger partial charge in [0.05, 0.1) is 17.7 Å². The van der Waals surface area contributed by atoms with E-state index < -0.39 is 5.41 Å². The van der Waals surface area contributed by atoms with Gasteiger partial charge in [0.15, 0.2) is 0 Å². The van der Waals surface area contributed by atoms with E-state index in [4.69, 9.17) is 0 Å². The minimum absolute atomic E-state index is 0.0215. The summed E-state index contributed by atoms with van der Waals surface area (Å²) in [5, 5.41) is 0. The fraction of sp³-hybridized carbons (Fsp3) is 0.421. The van der Waals surface area contributed by atoms with Gasteiger partial charge < -0.3 is 9.80 Å². The van der Waals surface area contributed by atoms with E-state index >= 15 is 0 Å². The number of amides is 1. The van der Waals surface area contributed by atoms with E-state index in [0.717, 1.165) is 23.5 Å². The summed E-state index contributed by atoms with van der Waals surface area (Å²) in [6.45, 7) is 1.09. The van der Waals surface area contributed by atoms with Gasteiger partial charge in [-0.1, -0.05) is 18.2 Å². The number of nitrogens with zero attached hydrogens (tertiary/aromatic N) is 4. The van der Waals surface area contributed by atoms with Crippen molar-refractivity contribution in [2.45, 2.75) is 31.2 Å². The van der Waals surface area contributed by atoms with Crippen molar-refractivity contribution in [2.75, 3.05) is 25.5 Å². The molecule has 0 unspecified atom stereocenters. The van der Waals surface area contributed by atoms with E-state index in [-0.39, 0.29) is 11.7 Å². The van der Waals surface area contributed by atoms with Crippen LogP contribution in [0.2, 0.25) is 0 Å². The molecule has 0 spiro atoms. The maximum atomic E-state index is 14.2. The summed E-state index contributed by atoms with van der Waals surface area (Å²) in [5.74, 6) is 0.642. The molecular formula is C19H21FN4O. The third kappa shape index (κ3) is 2.56. The topological polar surface area (TPSA) is 49.3 Å². The lowest BCUT2D eigenvalue weighted by molar-refractivity contribution is -0.135. The summed E-state index contributed by atoms with van der Waals surface area (Å²) < 4.78 is 14.2. The fourth-order valence-corrected chi connectivity index (χ4v) is 3.77. The first-order valence-electron chi connectivity index (χ1n) is 8.57. The minimum atomic E-state index is -0.680. The van der Waals surface area contributed by atoms with Crippen molar-refractivity contribution in [3.05, 3.63) is 53.2 Å². The second-order valence-corrected chi connectivity index (χ2v) is 7.06. The van der Waals surface area contributed by atoms with Gasteiger partial charge >= 0.3 is 0 Å². The van der Waals surface area contributed by atoms with Crippen LogP contribution in [0.4, 0.5) is 10.2 Å². The number of halogens is 1. The predicted molar refractivity (Wildman–Crippen MR) is 92.8 cm³/mol. The quantitative estimate of drug-likeness (QED) is 0.860. The molecule has 25 heavy (non-hydrogen) atoms. The molecule has 130 valence electrons. The van der Waals surface area contributed by atoms with Gasteiger partial charge in [-0.05, 0) is 25.3 Å². The van der Waals surface area contributed by atoms with Crippen LogP contribution in [0.3, 0.4) is 0 Å². The van der Waals surface area contributed by atoms with Gasteiger partial charge in [0, 0.05) is 31.8 Å². The number of hydrogen-bond donors (Lipinski definition) is 0. The molecule has 0 bridgehead atoms. The monoisotopic (exact) mass is 340 g/mol. The fourth-order valence-electron chi connectivity index (χ4n) is 3.77. The molecule has 1 aromatic carbocycles. The van der Waals surface area contributed by atoms with Crippen LogP contribution in [-0.2, 0) is 23.2 Å². The maximum Gasteiger partial charge on any atom is 0.233 e. The highest BCUT2D eigenvalue weighted by molar-refractivity contribution is 5.91. The van der Waals surface area contributed by atoms with Gasteiger partial charge in [-0.15, -0.1) is 0 Å². The number of rotatable bonds is 3. The zero-order chi connectivity index (χ0) is 17.6. The van der Waals surface area contributed by atoms with Gasteiger partial charge in [0.1, 0.15) is 18.0 Å². The molecule has 1 saturated carbocycles. The Kier molecular flexibility index (Phi) is 3.71. The van der Waals surface area contributed by atoms with E-state index in [9.17, 15) is 9.18 Å². The van der Waals surface area contributed by atoms with Crippen LogP contribution in [0, 0.1) is 5.82 Å². The van der Waals surface area contributed by atoms with Crippen molar-refractivity contribution < 1.29 is 9.18 Å². The van der Waals surface area contributed by atoms with Crippen LogP contribution < -0.4 is 4.90 Å². The standard InChI is InChI=1S/C19H21FN4O/c1-23(2)17-13-7-10-24(11-16(13)21-12-22-17)18(25)19(8-9-19)14-5-3-4-6-15(14)20/h3-6,12H,7-11H2,1-2H3. The van der Waals surface area contributed by atoms with Crippen molar-refractivity contribution in [1.29, 1.82) is 0 Å². The van der Waals surface area contributed by atoms with Gasteiger partial charge in [0.2, 0.25) is 5.91 Å². The smallest absolute Gasteiger partial charge is 0.233 e. The number of anilines is 1. The number of aromatic nitrogens is 2. The zero-order valence-corrected chi connectivity index (χ0v) is 14.5. The summed E-state index contributed by atoms with van der Waals surface area (Å²) in [7, 11) is 3.91. The second kappa shape index (κ2) is 5.79. The van der Waals surface area contributed by atoms with Crippen molar-refractivity contribution in [2.24, 2.45) is 0 Å². The van der Waals surface area contributed by atoms with Crippen molar-refractivity contribution >= 4 is 11.7 Å². The largest absolute Gasteiger partial charge is 0.362 e. The SMILES string of the molecule is CN(C)c1ncnc2c1CCN(C(=O)C1(c3ccccc3F)CC1)C2. The molecule has 0 atom stereocenters. The Morgan fingerprint density at radius 3 is 2.68 bits per heavy atom. The second-order valence-electron chi connectivity index (χ2n) is 7.06. The number of hydrogen-bond acceptors (Lipinski definition) is 4. The van der Waals surface area contributed by atoms with Gasteiger partial charge in [0.25, 0.3) is 0 Å². The Morgan fingerprint density at radius 2 is 2.00 bits per heavy atom. The first-order chi connectivity index (χ1) is 12.0. The van der Waals surface area contributed by atoms with Crippen LogP contribution in [0.5, 0.6) is 0 Å². The summed E-state index contributed by atoms with van der Waals surface area (Å²) in [5.41, 5.74) is 1.85. The maximum absolute atomic E-state index is 14.2. The molecule has 0 saturated heterocycles. The van der Waals surface area contributed by atoms with E-state index in [1.165, 1.54) is 6.07 Å². The summed E-state index contributed by atoms with van der Waals surface area (Å²) in [6.07, 6.45) is 3.69. The average molecular weight is 340 g/mol.